The molecule has 6 heteroatoms. The van der Waals surface area contributed by atoms with E-state index in [1.54, 1.807) is 7.11 Å². The van der Waals surface area contributed by atoms with Crippen molar-refractivity contribution in [2.24, 2.45) is 4.99 Å². The SMILES string of the molecule is CCNC(=NCc1ccc(C#N)cc1)NCCc1ccccc1OC.I. The number of benzene rings is 2. The highest BCUT2D eigenvalue weighted by molar-refractivity contribution is 14.0. The highest BCUT2D eigenvalue weighted by Gasteiger charge is 2.03. The number of para-hydroxylation sites is 1. The average molecular weight is 464 g/mol. The van der Waals surface area contributed by atoms with Crippen LogP contribution in [0.3, 0.4) is 0 Å². The molecule has 0 spiro atoms. The lowest BCUT2D eigenvalue weighted by Gasteiger charge is -2.12. The van der Waals surface area contributed by atoms with Crippen molar-refractivity contribution < 1.29 is 4.74 Å². The van der Waals surface area contributed by atoms with Gasteiger partial charge in [0.2, 0.25) is 0 Å². The standard InChI is InChI=1S/C20H24N4O.HI/c1-3-22-20(24-15-17-10-8-16(14-21)9-11-17)23-13-12-18-6-4-5-7-19(18)25-2;/h4-11H,3,12-13,15H2,1-2H3,(H2,22,23,24);1H. The van der Waals surface area contributed by atoms with E-state index in [9.17, 15) is 0 Å². The van der Waals surface area contributed by atoms with Gasteiger partial charge in [0.15, 0.2) is 5.96 Å². The van der Waals surface area contributed by atoms with Gasteiger partial charge in [0, 0.05) is 13.1 Å². The Labute approximate surface area is 172 Å². The molecule has 2 N–H and O–H groups in total. The number of aliphatic imine (C=N–C) groups is 1. The van der Waals surface area contributed by atoms with Gasteiger partial charge >= 0.3 is 0 Å². The summed E-state index contributed by atoms with van der Waals surface area (Å²) < 4.78 is 5.38. The van der Waals surface area contributed by atoms with Crippen LogP contribution in [-0.2, 0) is 13.0 Å². The summed E-state index contributed by atoms with van der Waals surface area (Å²) in [6.07, 6.45) is 0.852. The van der Waals surface area contributed by atoms with E-state index >= 15 is 0 Å². The number of hydrogen-bond acceptors (Lipinski definition) is 3. The summed E-state index contributed by atoms with van der Waals surface area (Å²) in [4.78, 5) is 4.59. The van der Waals surface area contributed by atoms with E-state index in [1.807, 2.05) is 49.4 Å². The van der Waals surface area contributed by atoms with Gasteiger partial charge in [-0.25, -0.2) is 4.99 Å². The van der Waals surface area contributed by atoms with Crippen molar-refractivity contribution in [1.82, 2.24) is 10.6 Å². The minimum atomic E-state index is 0. The highest BCUT2D eigenvalue weighted by atomic mass is 127. The summed E-state index contributed by atoms with van der Waals surface area (Å²) in [6, 6.07) is 17.6. The first-order chi connectivity index (χ1) is 12.3. The lowest BCUT2D eigenvalue weighted by atomic mass is 10.1. The molecule has 0 atom stereocenters. The van der Waals surface area contributed by atoms with E-state index in [0.29, 0.717) is 12.1 Å². The van der Waals surface area contributed by atoms with Gasteiger partial charge in [-0.15, -0.1) is 24.0 Å². The smallest absolute Gasteiger partial charge is 0.191 e. The van der Waals surface area contributed by atoms with Crippen LogP contribution in [0.25, 0.3) is 0 Å². The Hall–Kier alpha value is -2.27. The molecule has 0 saturated carbocycles. The van der Waals surface area contributed by atoms with E-state index in [-0.39, 0.29) is 24.0 Å². The molecule has 0 heterocycles. The van der Waals surface area contributed by atoms with Crippen LogP contribution in [0, 0.1) is 11.3 Å². The zero-order chi connectivity index (χ0) is 17.9. The lowest BCUT2D eigenvalue weighted by molar-refractivity contribution is 0.409. The monoisotopic (exact) mass is 464 g/mol. The minimum Gasteiger partial charge on any atom is -0.496 e. The predicted molar refractivity (Wildman–Crippen MR) is 116 cm³/mol. The van der Waals surface area contributed by atoms with E-state index in [1.165, 1.54) is 5.56 Å². The van der Waals surface area contributed by atoms with Gasteiger partial charge in [-0.3, -0.25) is 0 Å². The molecule has 0 fully saturated rings. The summed E-state index contributed by atoms with van der Waals surface area (Å²) in [5.74, 6) is 1.69. The third kappa shape index (κ3) is 6.92. The van der Waals surface area contributed by atoms with Crippen molar-refractivity contribution in [3.63, 3.8) is 0 Å². The molecule has 0 aliphatic heterocycles. The van der Waals surface area contributed by atoms with Gasteiger partial charge in [0.1, 0.15) is 5.75 Å². The Morgan fingerprint density at radius 2 is 1.85 bits per heavy atom. The molecule has 2 aromatic rings. The third-order valence-electron chi connectivity index (χ3n) is 3.73. The van der Waals surface area contributed by atoms with Gasteiger partial charge < -0.3 is 15.4 Å². The molecular weight excluding hydrogens is 439 g/mol. The number of nitrogens with zero attached hydrogens (tertiary/aromatic N) is 2. The summed E-state index contributed by atoms with van der Waals surface area (Å²) in [5.41, 5.74) is 2.90. The maximum Gasteiger partial charge on any atom is 0.191 e. The Balaban J connectivity index is 0.00000338. The fourth-order valence-corrected chi connectivity index (χ4v) is 2.42. The summed E-state index contributed by atoms with van der Waals surface area (Å²) in [5, 5.41) is 15.4. The van der Waals surface area contributed by atoms with Gasteiger partial charge in [0.05, 0.1) is 25.3 Å². The first-order valence-electron chi connectivity index (χ1n) is 8.40. The minimum absolute atomic E-state index is 0. The Bertz CT molecular complexity index is 738. The van der Waals surface area contributed by atoms with Crippen molar-refractivity contribution in [3.05, 3.63) is 65.2 Å². The van der Waals surface area contributed by atoms with Crippen LogP contribution in [0.5, 0.6) is 5.75 Å². The fraction of sp³-hybridized carbons (Fsp3) is 0.300. The molecule has 5 nitrogen and oxygen atoms in total. The first-order valence-corrected chi connectivity index (χ1v) is 8.40. The number of ether oxygens (including phenoxy) is 1. The summed E-state index contributed by atoms with van der Waals surface area (Å²) in [7, 11) is 1.69. The van der Waals surface area contributed by atoms with Crippen LogP contribution < -0.4 is 15.4 Å². The maximum atomic E-state index is 8.84. The average Bonchev–Trinajstić information content (AvgIpc) is 2.67. The second-order valence-electron chi connectivity index (χ2n) is 5.49. The second-order valence-corrected chi connectivity index (χ2v) is 5.49. The van der Waals surface area contributed by atoms with Crippen LogP contribution in [0.1, 0.15) is 23.6 Å². The van der Waals surface area contributed by atoms with Crippen LogP contribution in [0.15, 0.2) is 53.5 Å². The number of halogens is 1. The molecule has 0 aliphatic carbocycles. The van der Waals surface area contributed by atoms with Crippen molar-refractivity contribution in [2.45, 2.75) is 19.9 Å². The quantitative estimate of drug-likeness (QED) is 0.374. The zero-order valence-electron chi connectivity index (χ0n) is 15.2. The number of nitrogens with one attached hydrogen (secondary N) is 2. The van der Waals surface area contributed by atoms with Crippen LogP contribution in [0.2, 0.25) is 0 Å². The molecule has 2 rings (SSSR count). The molecule has 0 aliphatic rings. The van der Waals surface area contributed by atoms with Crippen LogP contribution in [-0.4, -0.2) is 26.2 Å². The maximum absolute atomic E-state index is 8.84. The Morgan fingerprint density at radius 1 is 1.12 bits per heavy atom. The molecule has 0 saturated heterocycles. The molecule has 138 valence electrons. The highest BCUT2D eigenvalue weighted by Crippen LogP contribution is 2.17. The van der Waals surface area contributed by atoms with Gasteiger partial charge in [-0.2, -0.15) is 5.26 Å². The van der Waals surface area contributed by atoms with Crippen molar-refractivity contribution >= 4 is 29.9 Å². The number of hydrogen-bond donors (Lipinski definition) is 2. The van der Waals surface area contributed by atoms with Gasteiger partial charge in [-0.05, 0) is 42.7 Å². The van der Waals surface area contributed by atoms with Crippen LogP contribution >= 0.6 is 24.0 Å². The van der Waals surface area contributed by atoms with Gasteiger partial charge in [0.25, 0.3) is 0 Å². The fourth-order valence-electron chi connectivity index (χ4n) is 2.42. The number of guanidine groups is 1. The number of methoxy groups -OCH3 is 1. The Kier molecular flexibility index (Phi) is 10.2. The molecular formula is C20H25IN4O. The molecule has 0 radical (unpaired) electrons. The molecule has 0 amide bonds. The topological polar surface area (TPSA) is 69.4 Å². The molecule has 26 heavy (non-hydrogen) atoms. The Morgan fingerprint density at radius 3 is 2.50 bits per heavy atom. The molecule has 2 aromatic carbocycles. The van der Waals surface area contributed by atoms with E-state index < -0.39 is 0 Å². The van der Waals surface area contributed by atoms with Crippen molar-refractivity contribution in [1.29, 1.82) is 5.26 Å². The second kappa shape index (κ2) is 12.1. The van der Waals surface area contributed by atoms with E-state index in [4.69, 9.17) is 10.00 Å². The number of nitriles is 1. The lowest BCUT2D eigenvalue weighted by Crippen LogP contribution is -2.38. The van der Waals surface area contributed by atoms with Crippen molar-refractivity contribution in [2.75, 3.05) is 20.2 Å². The van der Waals surface area contributed by atoms with E-state index in [2.05, 4.69) is 27.8 Å². The zero-order valence-corrected chi connectivity index (χ0v) is 17.5. The number of rotatable bonds is 7. The molecule has 0 aromatic heterocycles. The molecule has 0 unspecified atom stereocenters. The first kappa shape index (κ1) is 21.8. The summed E-state index contributed by atoms with van der Waals surface area (Å²) >= 11 is 0. The third-order valence-corrected chi connectivity index (χ3v) is 3.73. The predicted octanol–water partition coefficient (Wildman–Crippen LogP) is 3.48. The van der Waals surface area contributed by atoms with Crippen LogP contribution in [0.4, 0.5) is 0 Å². The van der Waals surface area contributed by atoms with Gasteiger partial charge in [-0.1, -0.05) is 30.3 Å². The largest absolute Gasteiger partial charge is 0.496 e. The van der Waals surface area contributed by atoms with Crippen molar-refractivity contribution in [3.8, 4) is 11.8 Å². The summed E-state index contributed by atoms with van der Waals surface area (Å²) in [6.45, 7) is 4.17. The normalized spacial score (nSPS) is 10.4. The van der Waals surface area contributed by atoms with E-state index in [0.717, 1.165) is 36.8 Å². The molecule has 0 bridgehead atoms.